The second kappa shape index (κ2) is 8.00. The van der Waals surface area contributed by atoms with Gasteiger partial charge in [-0.05, 0) is 37.1 Å². The first kappa shape index (κ1) is 19.7. The van der Waals surface area contributed by atoms with Gasteiger partial charge in [-0.1, -0.05) is 5.92 Å². The highest BCUT2D eigenvalue weighted by molar-refractivity contribution is 6.08. The van der Waals surface area contributed by atoms with Gasteiger partial charge in [0.25, 0.3) is 5.91 Å². The summed E-state index contributed by atoms with van der Waals surface area (Å²) in [6, 6.07) is 6.99. The van der Waals surface area contributed by atoms with Gasteiger partial charge in [-0.25, -0.2) is 14.8 Å². The SMILES string of the molecule is COc1ccc(-c2ccc(N3CCNCC3)nc2)nc1C#C[C@]1(C)NC(=O)NC1=O. The molecule has 0 saturated carbocycles. The number of imide groups is 1. The van der Waals surface area contributed by atoms with Crippen molar-refractivity contribution in [2.45, 2.75) is 12.5 Å². The molecule has 2 saturated heterocycles. The molecule has 0 radical (unpaired) electrons. The van der Waals surface area contributed by atoms with Gasteiger partial charge < -0.3 is 20.3 Å². The van der Waals surface area contributed by atoms with Crippen LogP contribution in [0.25, 0.3) is 11.3 Å². The van der Waals surface area contributed by atoms with Gasteiger partial charge in [0, 0.05) is 37.9 Å². The van der Waals surface area contributed by atoms with E-state index in [4.69, 9.17) is 4.74 Å². The van der Waals surface area contributed by atoms with E-state index in [-0.39, 0.29) is 0 Å². The molecule has 0 spiro atoms. The van der Waals surface area contributed by atoms with E-state index in [1.165, 1.54) is 14.0 Å². The Morgan fingerprint density at radius 2 is 1.97 bits per heavy atom. The zero-order valence-electron chi connectivity index (χ0n) is 16.8. The summed E-state index contributed by atoms with van der Waals surface area (Å²) in [7, 11) is 1.53. The summed E-state index contributed by atoms with van der Waals surface area (Å²) in [5, 5.41) is 8.02. The summed E-state index contributed by atoms with van der Waals surface area (Å²) in [5.74, 6) is 6.58. The van der Waals surface area contributed by atoms with E-state index in [0.29, 0.717) is 17.1 Å². The fourth-order valence-electron chi connectivity index (χ4n) is 3.30. The molecule has 2 aliphatic rings. The van der Waals surface area contributed by atoms with Gasteiger partial charge >= 0.3 is 6.03 Å². The highest BCUT2D eigenvalue weighted by atomic mass is 16.5. The van der Waals surface area contributed by atoms with Crippen LogP contribution in [0.4, 0.5) is 10.6 Å². The fourth-order valence-corrected chi connectivity index (χ4v) is 3.30. The van der Waals surface area contributed by atoms with Crippen LogP contribution in [0.3, 0.4) is 0 Å². The zero-order valence-corrected chi connectivity index (χ0v) is 16.8. The quantitative estimate of drug-likeness (QED) is 0.503. The Kier molecular flexibility index (Phi) is 5.25. The third-order valence-corrected chi connectivity index (χ3v) is 5.04. The molecule has 4 heterocycles. The first-order valence-corrected chi connectivity index (χ1v) is 9.62. The first-order chi connectivity index (χ1) is 14.5. The smallest absolute Gasteiger partial charge is 0.323 e. The predicted molar refractivity (Wildman–Crippen MR) is 111 cm³/mol. The molecule has 9 nitrogen and oxygen atoms in total. The van der Waals surface area contributed by atoms with Crippen LogP contribution in [0.2, 0.25) is 0 Å². The molecule has 3 N–H and O–H groups in total. The molecular formula is C21H22N6O3. The maximum absolute atomic E-state index is 12.0. The third-order valence-electron chi connectivity index (χ3n) is 5.04. The van der Waals surface area contributed by atoms with Crippen molar-refractivity contribution in [3.8, 4) is 28.8 Å². The molecule has 2 aliphatic heterocycles. The lowest BCUT2D eigenvalue weighted by Gasteiger charge is -2.28. The Bertz CT molecular complexity index is 1040. The topological polar surface area (TPSA) is 108 Å². The van der Waals surface area contributed by atoms with Gasteiger partial charge in [-0.3, -0.25) is 10.1 Å². The van der Waals surface area contributed by atoms with Crippen LogP contribution in [0.15, 0.2) is 30.5 Å². The summed E-state index contributed by atoms with van der Waals surface area (Å²) in [4.78, 5) is 34.8. The van der Waals surface area contributed by atoms with Crippen molar-refractivity contribution in [2.75, 3.05) is 38.2 Å². The molecule has 2 fully saturated rings. The first-order valence-electron chi connectivity index (χ1n) is 9.62. The summed E-state index contributed by atoms with van der Waals surface area (Å²) >= 11 is 0. The average Bonchev–Trinajstić information content (AvgIpc) is 3.04. The zero-order chi connectivity index (χ0) is 21.1. The Morgan fingerprint density at radius 1 is 1.17 bits per heavy atom. The summed E-state index contributed by atoms with van der Waals surface area (Å²) in [6.07, 6.45) is 1.79. The largest absolute Gasteiger partial charge is 0.494 e. The van der Waals surface area contributed by atoms with Gasteiger partial charge in [-0.2, -0.15) is 0 Å². The minimum atomic E-state index is -1.31. The number of anilines is 1. The van der Waals surface area contributed by atoms with E-state index in [1.807, 2.05) is 18.2 Å². The van der Waals surface area contributed by atoms with Crippen molar-refractivity contribution in [1.82, 2.24) is 25.9 Å². The van der Waals surface area contributed by atoms with Crippen molar-refractivity contribution < 1.29 is 14.3 Å². The number of piperazine rings is 1. The Morgan fingerprint density at radius 3 is 2.60 bits per heavy atom. The van der Waals surface area contributed by atoms with Gasteiger partial charge in [0.2, 0.25) is 0 Å². The second-order valence-corrected chi connectivity index (χ2v) is 7.17. The standard InChI is InChI=1S/C21H22N6O3/c1-21(19(28)25-20(29)26-21)8-7-16-17(30-2)5-4-15(24-16)14-3-6-18(23-13-14)27-11-9-22-10-12-27/h3-6,13,22H,9-12H2,1-2H3,(H2,25,26,28,29)/t21-/m0/s1. The van der Waals surface area contributed by atoms with Crippen LogP contribution in [0, 0.1) is 11.8 Å². The molecule has 2 aromatic rings. The van der Waals surface area contributed by atoms with Gasteiger partial charge in [0.1, 0.15) is 5.82 Å². The molecule has 4 rings (SSSR count). The third kappa shape index (κ3) is 3.90. The summed E-state index contributed by atoms with van der Waals surface area (Å²) in [5.41, 5.74) is 0.588. The monoisotopic (exact) mass is 406 g/mol. The number of urea groups is 1. The number of carbonyl (C=O) groups excluding carboxylic acids is 2. The molecule has 0 bridgehead atoms. The maximum Gasteiger partial charge on any atom is 0.323 e. The molecule has 0 unspecified atom stereocenters. The molecule has 0 aliphatic carbocycles. The number of hydrogen-bond acceptors (Lipinski definition) is 7. The van der Waals surface area contributed by atoms with E-state index >= 15 is 0 Å². The van der Waals surface area contributed by atoms with E-state index in [0.717, 1.165) is 37.6 Å². The number of aromatic nitrogens is 2. The lowest BCUT2D eigenvalue weighted by atomic mass is 10.0. The van der Waals surface area contributed by atoms with E-state index in [1.54, 1.807) is 12.3 Å². The normalized spacial score (nSPS) is 20.8. The molecule has 3 amide bonds. The number of rotatable bonds is 3. The van der Waals surface area contributed by atoms with Crippen molar-refractivity contribution in [1.29, 1.82) is 0 Å². The van der Waals surface area contributed by atoms with Gasteiger partial charge in [-0.15, -0.1) is 0 Å². The highest BCUT2D eigenvalue weighted by Gasteiger charge is 2.40. The van der Waals surface area contributed by atoms with Crippen LogP contribution in [0.5, 0.6) is 5.75 Å². The summed E-state index contributed by atoms with van der Waals surface area (Å²) < 4.78 is 5.35. The molecule has 9 heteroatoms. The number of pyridine rings is 2. The van der Waals surface area contributed by atoms with Crippen molar-refractivity contribution >= 4 is 17.8 Å². The number of amides is 3. The Labute approximate surface area is 174 Å². The number of nitrogens with one attached hydrogen (secondary N) is 3. The number of methoxy groups -OCH3 is 1. The number of carbonyl (C=O) groups is 2. The van der Waals surface area contributed by atoms with Crippen LogP contribution < -0.4 is 25.6 Å². The minimum Gasteiger partial charge on any atom is -0.494 e. The van der Waals surface area contributed by atoms with E-state index in [9.17, 15) is 9.59 Å². The van der Waals surface area contributed by atoms with Gasteiger partial charge in [0.15, 0.2) is 17.0 Å². The summed E-state index contributed by atoms with van der Waals surface area (Å²) in [6.45, 7) is 5.28. The van der Waals surface area contributed by atoms with Crippen LogP contribution in [0.1, 0.15) is 12.6 Å². The number of hydrogen-bond donors (Lipinski definition) is 3. The maximum atomic E-state index is 12.0. The molecule has 2 aromatic heterocycles. The lowest BCUT2D eigenvalue weighted by Crippen LogP contribution is -2.43. The molecule has 30 heavy (non-hydrogen) atoms. The molecule has 154 valence electrons. The van der Waals surface area contributed by atoms with Crippen LogP contribution in [-0.2, 0) is 4.79 Å². The predicted octanol–water partition coefficient (Wildman–Crippen LogP) is 0.511. The molecule has 0 aromatic carbocycles. The van der Waals surface area contributed by atoms with Gasteiger partial charge in [0.05, 0.1) is 12.8 Å². The Hall–Kier alpha value is -3.64. The van der Waals surface area contributed by atoms with E-state index < -0.39 is 17.5 Å². The van der Waals surface area contributed by atoms with Crippen molar-refractivity contribution in [3.63, 3.8) is 0 Å². The minimum absolute atomic E-state index is 0.372. The Balaban J connectivity index is 1.61. The fraction of sp³-hybridized carbons (Fsp3) is 0.333. The van der Waals surface area contributed by atoms with E-state index in [2.05, 4.69) is 42.7 Å². The molecular weight excluding hydrogens is 384 g/mol. The second-order valence-electron chi connectivity index (χ2n) is 7.17. The van der Waals surface area contributed by atoms with Crippen molar-refractivity contribution in [3.05, 3.63) is 36.2 Å². The highest BCUT2D eigenvalue weighted by Crippen LogP contribution is 2.24. The average molecular weight is 406 g/mol. The number of ether oxygens (including phenoxy) is 1. The molecule has 1 atom stereocenters. The van der Waals surface area contributed by atoms with Crippen molar-refractivity contribution in [2.24, 2.45) is 0 Å². The van der Waals surface area contributed by atoms with Crippen LogP contribution in [-0.4, -0.2) is 60.7 Å². The van der Waals surface area contributed by atoms with Crippen LogP contribution >= 0.6 is 0 Å². The number of nitrogens with zero attached hydrogens (tertiary/aromatic N) is 3. The lowest BCUT2D eigenvalue weighted by molar-refractivity contribution is -0.121.